The lowest BCUT2D eigenvalue weighted by Crippen LogP contribution is -2.48. The molecule has 1 aromatic carbocycles. The van der Waals surface area contributed by atoms with Crippen molar-refractivity contribution in [3.8, 4) is 5.88 Å². The maximum absolute atomic E-state index is 15.6. The molecule has 3 aliphatic rings. The highest BCUT2D eigenvalue weighted by Crippen LogP contribution is 2.40. The molecule has 234 valence electrons. The van der Waals surface area contributed by atoms with Crippen molar-refractivity contribution < 1.29 is 47.6 Å². The van der Waals surface area contributed by atoms with Crippen molar-refractivity contribution in [2.75, 3.05) is 42.6 Å². The third-order valence-electron chi connectivity index (χ3n) is 8.59. The third-order valence-corrected chi connectivity index (χ3v) is 8.59. The summed E-state index contributed by atoms with van der Waals surface area (Å²) in [5.41, 5.74) is -1.80. The first-order valence-corrected chi connectivity index (χ1v) is 14.1. The van der Waals surface area contributed by atoms with Crippen LogP contribution in [0.15, 0.2) is 23.1 Å². The van der Waals surface area contributed by atoms with Crippen LogP contribution in [0.25, 0.3) is 10.9 Å². The fourth-order valence-corrected chi connectivity index (χ4v) is 6.17. The van der Waals surface area contributed by atoms with Gasteiger partial charge in [-0.15, -0.1) is 0 Å². The number of anilines is 2. The topological polar surface area (TPSA) is 155 Å². The summed E-state index contributed by atoms with van der Waals surface area (Å²) in [6, 6.07) is 1.68. The van der Waals surface area contributed by atoms with E-state index in [4.69, 9.17) is 9.47 Å². The molecule has 15 heteroatoms. The van der Waals surface area contributed by atoms with Crippen molar-refractivity contribution in [3.05, 3.63) is 57.3 Å². The number of rotatable bonds is 7. The van der Waals surface area contributed by atoms with E-state index in [0.29, 0.717) is 23.9 Å². The van der Waals surface area contributed by atoms with E-state index in [9.17, 15) is 38.5 Å². The second-order valence-electron chi connectivity index (χ2n) is 11.4. The van der Waals surface area contributed by atoms with Crippen LogP contribution in [0, 0.1) is 17.6 Å². The van der Waals surface area contributed by atoms with Crippen LogP contribution in [0.4, 0.5) is 29.3 Å². The summed E-state index contributed by atoms with van der Waals surface area (Å²) in [4.78, 5) is 42.6. The molecule has 0 bridgehead atoms. The number of pyridine rings is 2. The van der Waals surface area contributed by atoms with Gasteiger partial charge in [0, 0.05) is 42.3 Å². The molecule has 5 heterocycles. The molecule has 2 fully saturated rings. The van der Waals surface area contributed by atoms with Crippen molar-refractivity contribution in [3.63, 3.8) is 0 Å². The number of hydrogen-bond donors (Lipinski definition) is 3. The highest BCUT2D eigenvalue weighted by atomic mass is 19.1. The van der Waals surface area contributed by atoms with E-state index >= 15 is 4.39 Å². The molecule has 2 saturated heterocycles. The number of aromatic nitrogens is 2. The Labute approximate surface area is 247 Å². The Morgan fingerprint density at radius 3 is 2.57 bits per heavy atom. The number of carbonyl (C=O) groups excluding carboxylic acids is 1. The van der Waals surface area contributed by atoms with E-state index in [-0.39, 0.29) is 49.6 Å². The van der Waals surface area contributed by atoms with Crippen LogP contribution in [0.1, 0.15) is 48.1 Å². The number of aliphatic hydroxyl groups is 2. The Hall–Kier alpha value is -4.37. The molecule has 44 heavy (non-hydrogen) atoms. The molecule has 0 unspecified atom stereocenters. The quantitative estimate of drug-likeness (QED) is 0.337. The molecule has 0 saturated carbocycles. The number of aryl methyl sites for hydroxylation is 1. The molecular formula is C29H29F3N4O8. The number of cyclic esters (lactones) is 1. The molecule has 12 nitrogen and oxygen atoms in total. The summed E-state index contributed by atoms with van der Waals surface area (Å²) in [5, 5.41) is 29.8. The van der Waals surface area contributed by atoms with Gasteiger partial charge in [0.05, 0.1) is 24.4 Å². The van der Waals surface area contributed by atoms with Crippen LogP contribution in [0.2, 0.25) is 0 Å². The van der Waals surface area contributed by atoms with Crippen LogP contribution in [-0.4, -0.2) is 81.5 Å². The number of hydrogen-bond acceptors (Lipinski definition) is 9. The van der Waals surface area contributed by atoms with E-state index in [0.717, 1.165) is 17.0 Å². The van der Waals surface area contributed by atoms with Gasteiger partial charge in [0.15, 0.2) is 5.82 Å². The van der Waals surface area contributed by atoms with Gasteiger partial charge in [0.1, 0.15) is 35.4 Å². The Morgan fingerprint density at radius 2 is 1.91 bits per heavy atom. The van der Waals surface area contributed by atoms with Crippen LogP contribution in [0.3, 0.4) is 0 Å². The van der Waals surface area contributed by atoms with E-state index in [1.165, 1.54) is 6.20 Å². The third kappa shape index (κ3) is 4.99. The minimum atomic E-state index is -1.48. The number of ether oxygens (including phenoxy) is 2. The number of amides is 1. The normalized spacial score (nSPS) is 21.1. The van der Waals surface area contributed by atoms with Gasteiger partial charge in [-0.3, -0.25) is 9.69 Å². The number of halogens is 3. The molecule has 0 radical (unpaired) electrons. The van der Waals surface area contributed by atoms with Crippen LogP contribution < -0.4 is 20.0 Å². The lowest BCUT2D eigenvalue weighted by atomic mass is 9.89. The highest BCUT2D eigenvalue weighted by molar-refractivity contribution is 5.95. The minimum Gasteiger partial charge on any atom is -0.477 e. The van der Waals surface area contributed by atoms with E-state index in [1.807, 2.05) is 6.92 Å². The Morgan fingerprint density at radius 1 is 1.18 bits per heavy atom. The number of nitrogens with zero attached hydrogens (tertiary/aromatic N) is 4. The molecule has 0 spiro atoms. The second-order valence-corrected chi connectivity index (χ2v) is 11.4. The van der Waals surface area contributed by atoms with Gasteiger partial charge in [-0.1, -0.05) is 0 Å². The van der Waals surface area contributed by atoms with E-state index < -0.39 is 77.1 Å². The molecule has 1 amide bonds. The average molecular weight is 619 g/mol. The highest BCUT2D eigenvalue weighted by Gasteiger charge is 2.38. The average Bonchev–Trinajstić information content (AvgIpc) is 3.37. The van der Waals surface area contributed by atoms with Gasteiger partial charge in [0.25, 0.3) is 5.88 Å². The van der Waals surface area contributed by atoms with Crippen molar-refractivity contribution in [1.82, 2.24) is 9.55 Å². The molecule has 2 atom stereocenters. The first-order valence-electron chi connectivity index (χ1n) is 14.1. The smallest absolute Gasteiger partial charge is 0.414 e. The number of aliphatic hydroxyl groups excluding tert-OH is 1. The monoisotopic (exact) mass is 618 g/mol. The summed E-state index contributed by atoms with van der Waals surface area (Å²) >= 11 is 0. The van der Waals surface area contributed by atoms with Crippen LogP contribution in [-0.2, 0) is 11.2 Å². The number of piperidine rings is 1. The van der Waals surface area contributed by atoms with Gasteiger partial charge in [-0.2, -0.15) is 9.37 Å². The van der Waals surface area contributed by atoms with E-state index in [1.54, 1.807) is 9.47 Å². The standard InChI is InChI=1S/C29H29F3N4O8/c1-14-2-3-16-22-17(24(38)18(27(39)40)11-35(14)22)8-19(30)23(16)34-6-4-29(42,5-7-34)13-43-26-20(31)9-21(25(32)33-26)36-10-15(12-37)44-28(36)41/h8-9,11,14-15,37,42H,2-7,10,12-13H2,1H3,(H,39,40)/t14-,15+/m0/s1. The largest absolute Gasteiger partial charge is 0.477 e. The Balaban J connectivity index is 1.19. The fraction of sp³-hybridized carbons (Fsp3) is 0.448. The first kappa shape index (κ1) is 29.7. The van der Waals surface area contributed by atoms with Gasteiger partial charge < -0.3 is 34.3 Å². The predicted molar refractivity (Wildman–Crippen MR) is 149 cm³/mol. The number of carboxylic acids is 1. The Kier molecular flexibility index (Phi) is 7.40. The zero-order valence-corrected chi connectivity index (χ0v) is 23.6. The molecule has 6 rings (SSSR count). The van der Waals surface area contributed by atoms with Gasteiger partial charge >= 0.3 is 12.1 Å². The van der Waals surface area contributed by atoms with E-state index in [2.05, 4.69) is 4.98 Å². The first-order chi connectivity index (χ1) is 20.9. The van der Waals surface area contributed by atoms with Crippen LogP contribution in [0.5, 0.6) is 5.88 Å². The molecule has 3 aromatic rings. The molecule has 3 aliphatic heterocycles. The minimum absolute atomic E-state index is 0.00257. The van der Waals surface area contributed by atoms with Gasteiger partial charge in [-0.05, 0) is 38.7 Å². The number of carbonyl (C=O) groups is 2. The summed E-state index contributed by atoms with van der Waals surface area (Å²) in [6.45, 7) is 1.13. The zero-order chi connectivity index (χ0) is 31.5. The maximum atomic E-state index is 15.6. The fourth-order valence-electron chi connectivity index (χ4n) is 6.17. The lowest BCUT2D eigenvalue weighted by Gasteiger charge is -2.40. The zero-order valence-electron chi connectivity index (χ0n) is 23.6. The number of aromatic carboxylic acids is 1. The second kappa shape index (κ2) is 11.0. The molecular weight excluding hydrogens is 589 g/mol. The van der Waals surface area contributed by atoms with Gasteiger partial charge in [0.2, 0.25) is 11.4 Å². The maximum Gasteiger partial charge on any atom is 0.414 e. The summed E-state index contributed by atoms with van der Waals surface area (Å²) in [6.07, 6.45) is 0.675. The molecule has 0 aliphatic carbocycles. The van der Waals surface area contributed by atoms with Crippen LogP contribution >= 0.6 is 0 Å². The SMILES string of the molecule is C[C@H]1CCc2c(N3CCC(O)(COc4nc(F)c(N5C[C@H](CO)OC5=O)cc4F)CC3)c(F)cc3c(=O)c(C(=O)O)cn1c23. The molecule has 3 N–H and O–H groups in total. The Bertz CT molecular complexity index is 1740. The molecule has 2 aromatic heterocycles. The summed E-state index contributed by atoms with van der Waals surface area (Å²) in [7, 11) is 0. The van der Waals surface area contributed by atoms with Crippen molar-refractivity contribution in [2.24, 2.45) is 0 Å². The van der Waals surface area contributed by atoms with Crippen molar-refractivity contribution in [1.29, 1.82) is 0 Å². The summed E-state index contributed by atoms with van der Waals surface area (Å²) in [5.74, 6) is -5.06. The summed E-state index contributed by atoms with van der Waals surface area (Å²) < 4.78 is 57.1. The van der Waals surface area contributed by atoms with Crippen molar-refractivity contribution in [2.45, 2.75) is 50.4 Å². The predicted octanol–water partition coefficient (Wildman–Crippen LogP) is 2.75. The number of carboxylic acid groups (broad SMARTS) is 1. The number of benzene rings is 1. The van der Waals surface area contributed by atoms with Crippen molar-refractivity contribution >= 4 is 34.3 Å². The van der Waals surface area contributed by atoms with Gasteiger partial charge in [-0.25, -0.2) is 18.4 Å². The lowest BCUT2D eigenvalue weighted by molar-refractivity contribution is -0.0265.